The average molecular weight is 412 g/mol. The fourth-order valence-corrected chi connectivity index (χ4v) is 4.15. The lowest BCUT2D eigenvalue weighted by Crippen LogP contribution is -2.43. The Balaban J connectivity index is 1.58. The summed E-state index contributed by atoms with van der Waals surface area (Å²) >= 11 is 0. The van der Waals surface area contributed by atoms with E-state index in [-0.39, 0.29) is 30.5 Å². The van der Waals surface area contributed by atoms with Gasteiger partial charge in [-0.05, 0) is 55.2 Å². The van der Waals surface area contributed by atoms with E-state index in [0.717, 1.165) is 25.7 Å². The SMILES string of the molecule is CC1CCC([C@H](N)C(=O)Nc2cc(C[C@H]3C[C@@H](C(F)(F)F)NC3=O)ccn2)CC1. The van der Waals surface area contributed by atoms with Crippen LogP contribution in [-0.4, -0.2) is 35.1 Å². The number of hydrogen-bond donors (Lipinski definition) is 3. The summed E-state index contributed by atoms with van der Waals surface area (Å²) in [6, 6.07) is 0.784. The first-order chi connectivity index (χ1) is 13.6. The van der Waals surface area contributed by atoms with Crippen molar-refractivity contribution in [3.63, 3.8) is 0 Å². The van der Waals surface area contributed by atoms with Crippen LogP contribution in [0.2, 0.25) is 0 Å². The molecule has 2 fully saturated rings. The van der Waals surface area contributed by atoms with Gasteiger partial charge in [0, 0.05) is 12.1 Å². The molecule has 1 saturated heterocycles. The average Bonchev–Trinajstić information content (AvgIpc) is 3.03. The molecule has 0 spiro atoms. The van der Waals surface area contributed by atoms with E-state index in [1.807, 2.05) is 5.32 Å². The predicted octanol–water partition coefficient (Wildman–Crippen LogP) is 2.78. The van der Waals surface area contributed by atoms with Gasteiger partial charge in [0.1, 0.15) is 11.9 Å². The molecule has 160 valence electrons. The third-order valence-electron chi connectivity index (χ3n) is 6.03. The number of nitrogens with zero attached hydrogens (tertiary/aromatic N) is 1. The number of nitrogens with one attached hydrogen (secondary N) is 2. The van der Waals surface area contributed by atoms with Crippen molar-refractivity contribution in [1.29, 1.82) is 0 Å². The largest absolute Gasteiger partial charge is 0.408 e. The summed E-state index contributed by atoms with van der Waals surface area (Å²) in [4.78, 5) is 28.5. The molecule has 6 nitrogen and oxygen atoms in total. The number of rotatable bonds is 5. The quantitative estimate of drug-likeness (QED) is 0.693. The molecule has 1 aromatic rings. The number of hydrogen-bond acceptors (Lipinski definition) is 4. The van der Waals surface area contributed by atoms with Gasteiger partial charge in [-0.2, -0.15) is 13.2 Å². The molecule has 2 heterocycles. The molecule has 0 unspecified atom stereocenters. The van der Waals surface area contributed by atoms with Crippen LogP contribution in [0.3, 0.4) is 0 Å². The molecule has 0 radical (unpaired) electrons. The summed E-state index contributed by atoms with van der Waals surface area (Å²) in [6.45, 7) is 2.19. The molecule has 3 atom stereocenters. The van der Waals surface area contributed by atoms with Crippen molar-refractivity contribution in [3.8, 4) is 0 Å². The lowest BCUT2D eigenvalue weighted by atomic mass is 9.79. The lowest BCUT2D eigenvalue weighted by molar-refractivity contribution is -0.154. The first-order valence-corrected chi connectivity index (χ1v) is 10.0. The fraction of sp³-hybridized carbons (Fsp3) is 0.650. The van der Waals surface area contributed by atoms with Gasteiger partial charge < -0.3 is 16.4 Å². The van der Waals surface area contributed by atoms with E-state index in [2.05, 4.69) is 17.2 Å². The van der Waals surface area contributed by atoms with Crippen molar-refractivity contribution >= 4 is 17.6 Å². The lowest BCUT2D eigenvalue weighted by Gasteiger charge is -2.29. The minimum atomic E-state index is -4.45. The van der Waals surface area contributed by atoms with E-state index in [0.29, 0.717) is 11.5 Å². The van der Waals surface area contributed by atoms with Crippen LogP contribution in [-0.2, 0) is 16.0 Å². The highest BCUT2D eigenvalue weighted by atomic mass is 19.4. The molecule has 0 bridgehead atoms. The summed E-state index contributed by atoms with van der Waals surface area (Å²) in [5.41, 5.74) is 6.77. The molecule has 2 amide bonds. The van der Waals surface area contributed by atoms with E-state index >= 15 is 0 Å². The van der Waals surface area contributed by atoms with Gasteiger partial charge in [-0.3, -0.25) is 9.59 Å². The van der Waals surface area contributed by atoms with Crippen LogP contribution in [0.1, 0.15) is 44.6 Å². The highest BCUT2D eigenvalue weighted by Gasteiger charge is 2.47. The highest BCUT2D eigenvalue weighted by molar-refractivity contribution is 5.94. The molecule has 29 heavy (non-hydrogen) atoms. The Morgan fingerprint density at radius 1 is 1.34 bits per heavy atom. The zero-order valence-corrected chi connectivity index (χ0v) is 16.3. The van der Waals surface area contributed by atoms with Crippen molar-refractivity contribution < 1.29 is 22.8 Å². The number of anilines is 1. The molecule has 0 aromatic carbocycles. The third kappa shape index (κ3) is 5.46. The summed E-state index contributed by atoms with van der Waals surface area (Å²) in [7, 11) is 0. The molecular weight excluding hydrogens is 385 g/mol. The minimum Gasteiger partial charge on any atom is -0.344 e. The van der Waals surface area contributed by atoms with Gasteiger partial charge >= 0.3 is 6.18 Å². The van der Waals surface area contributed by atoms with Gasteiger partial charge in [-0.1, -0.05) is 19.8 Å². The molecule has 1 aliphatic carbocycles. The smallest absolute Gasteiger partial charge is 0.344 e. The van der Waals surface area contributed by atoms with Crippen molar-refractivity contribution in [2.75, 3.05) is 5.32 Å². The van der Waals surface area contributed by atoms with E-state index < -0.39 is 30.1 Å². The summed E-state index contributed by atoms with van der Waals surface area (Å²) in [6.07, 6.45) is 0.819. The number of carbonyl (C=O) groups excluding carboxylic acids is 2. The Hall–Kier alpha value is -2.16. The second-order valence-corrected chi connectivity index (χ2v) is 8.32. The highest BCUT2D eigenvalue weighted by Crippen LogP contribution is 2.32. The van der Waals surface area contributed by atoms with Crippen LogP contribution in [0.15, 0.2) is 18.3 Å². The van der Waals surface area contributed by atoms with E-state index in [9.17, 15) is 22.8 Å². The molecule has 1 aromatic heterocycles. The Morgan fingerprint density at radius 3 is 2.66 bits per heavy atom. The third-order valence-corrected chi connectivity index (χ3v) is 6.03. The molecule has 1 saturated carbocycles. The van der Waals surface area contributed by atoms with Gasteiger partial charge in [0.2, 0.25) is 11.8 Å². The summed E-state index contributed by atoms with van der Waals surface area (Å²) in [5, 5.41) is 4.70. The Labute approximate surface area is 167 Å². The summed E-state index contributed by atoms with van der Waals surface area (Å²) in [5.74, 6) is -0.606. The Morgan fingerprint density at radius 2 is 2.03 bits per heavy atom. The van der Waals surface area contributed by atoms with Crippen LogP contribution in [0, 0.1) is 17.8 Å². The van der Waals surface area contributed by atoms with Crippen LogP contribution < -0.4 is 16.4 Å². The van der Waals surface area contributed by atoms with Crippen LogP contribution in [0.4, 0.5) is 19.0 Å². The van der Waals surface area contributed by atoms with Crippen molar-refractivity contribution in [3.05, 3.63) is 23.9 Å². The van der Waals surface area contributed by atoms with Gasteiger partial charge in [-0.25, -0.2) is 4.98 Å². The number of nitrogens with two attached hydrogens (primary N) is 1. The Kier molecular flexibility index (Phi) is 6.45. The zero-order chi connectivity index (χ0) is 21.2. The molecule has 3 rings (SSSR count). The van der Waals surface area contributed by atoms with Crippen molar-refractivity contribution in [2.24, 2.45) is 23.5 Å². The monoisotopic (exact) mass is 412 g/mol. The predicted molar refractivity (Wildman–Crippen MR) is 102 cm³/mol. The van der Waals surface area contributed by atoms with Crippen molar-refractivity contribution in [1.82, 2.24) is 10.3 Å². The van der Waals surface area contributed by atoms with Crippen LogP contribution in [0.25, 0.3) is 0 Å². The number of halogens is 3. The normalized spacial score (nSPS) is 28.7. The zero-order valence-electron chi connectivity index (χ0n) is 16.3. The van der Waals surface area contributed by atoms with Gasteiger partial charge in [0.05, 0.1) is 6.04 Å². The van der Waals surface area contributed by atoms with Gasteiger partial charge in [0.25, 0.3) is 0 Å². The second kappa shape index (κ2) is 8.69. The number of alkyl halides is 3. The second-order valence-electron chi connectivity index (χ2n) is 8.32. The van der Waals surface area contributed by atoms with E-state index in [4.69, 9.17) is 5.73 Å². The maximum Gasteiger partial charge on any atom is 0.408 e. The number of carbonyl (C=O) groups is 2. The topological polar surface area (TPSA) is 97.1 Å². The standard InChI is InChI=1S/C20H27F3N4O2/c1-11-2-4-13(5-3-11)17(24)19(29)27-16-9-12(6-7-25-16)8-14-10-15(20(21,22)23)26-18(14)28/h6-7,9,11,13-15,17H,2-5,8,10,24H2,1H3,(H,26,28)(H,25,27,29)/t11?,13?,14-,15-,17-/m0/s1. The molecule has 1 aliphatic heterocycles. The fourth-order valence-electron chi connectivity index (χ4n) is 4.15. The molecule has 9 heteroatoms. The maximum atomic E-state index is 12.8. The molecule has 4 N–H and O–H groups in total. The van der Waals surface area contributed by atoms with Crippen LogP contribution >= 0.6 is 0 Å². The first-order valence-electron chi connectivity index (χ1n) is 10.0. The number of amides is 2. The number of aromatic nitrogens is 1. The van der Waals surface area contributed by atoms with Gasteiger partial charge in [-0.15, -0.1) is 0 Å². The molecular formula is C20H27F3N4O2. The van der Waals surface area contributed by atoms with E-state index in [1.54, 1.807) is 12.1 Å². The minimum absolute atomic E-state index is 0.135. The van der Waals surface area contributed by atoms with Crippen molar-refractivity contribution in [2.45, 2.75) is 63.7 Å². The maximum absolute atomic E-state index is 12.8. The Bertz CT molecular complexity index is 747. The van der Waals surface area contributed by atoms with Crippen LogP contribution in [0.5, 0.6) is 0 Å². The number of pyridine rings is 1. The van der Waals surface area contributed by atoms with Gasteiger partial charge in [0.15, 0.2) is 0 Å². The summed E-state index contributed by atoms with van der Waals surface area (Å²) < 4.78 is 38.5. The van der Waals surface area contributed by atoms with E-state index in [1.165, 1.54) is 6.20 Å². The molecule has 2 aliphatic rings. The first kappa shape index (κ1) is 21.5.